The summed E-state index contributed by atoms with van der Waals surface area (Å²) in [7, 11) is -1.14. The lowest BCUT2D eigenvalue weighted by Gasteiger charge is -2.30. The van der Waals surface area contributed by atoms with E-state index in [9.17, 15) is 18.0 Å². The molecule has 0 aliphatic carbocycles. The van der Waals surface area contributed by atoms with Gasteiger partial charge in [-0.15, -0.1) is 0 Å². The van der Waals surface area contributed by atoms with Crippen molar-refractivity contribution in [1.82, 2.24) is 9.21 Å². The van der Waals surface area contributed by atoms with E-state index in [0.29, 0.717) is 19.0 Å². The van der Waals surface area contributed by atoms with E-state index in [1.807, 2.05) is 30.3 Å². The quantitative estimate of drug-likeness (QED) is 0.546. The van der Waals surface area contributed by atoms with E-state index in [4.69, 9.17) is 9.47 Å². The molecule has 1 aliphatic rings. The first kappa shape index (κ1) is 24.7. The Kier molecular flexibility index (Phi) is 8.10. The first-order valence-electron chi connectivity index (χ1n) is 10.9. The van der Waals surface area contributed by atoms with Crippen molar-refractivity contribution in [3.8, 4) is 5.75 Å². The maximum Gasteiger partial charge on any atom is 0.338 e. The number of amides is 1. The molecule has 1 fully saturated rings. The summed E-state index contributed by atoms with van der Waals surface area (Å²) in [4.78, 5) is 26.5. The minimum Gasteiger partial charge on any atom is -0.495 e. The van der Waals surface area contributed by atoms with Crippen LogP contribution in [0.1, 0.15) is 35.7 Å². The number of likely N-dealkylation sites (tertiary alicyclic amines) is 1. The standard InChI is InChI=1S/C24H30N2O6S/c1-18-11-13-26(14-12-18)23(27)17-32-24(28)20-9-10-21(31-3)22(15-20)33(29,30)25(2)16-19-7-5-4-6-8-19/h4-10,15,18H,11-14,16-17H2,1-3H3. The third-order valence-corrected chi connectivity index (χ3v) is 7.62. The lowest BCUT2D eigenvalue weighted by molar-refractivity contribution is -0.135. The second-order valence-corrected chi connectivity index (χ2v) is 10.3. The predicted molar refractivity (Wildman–Crippen MR) is 123 cm³/mol. The third-order valence-electron chi connectivity index (χ3n) is 5.80. The van der Waals surface area contributed by atoms with Gasteiger partial charge in [0, 0.05) is 26.7 Å². The summed E-state index contributed by atoms with van der Waals surface area (Å²) >= 11 is 0. The maximum atomic E-state index is 13.2. The SMILES string of the molecule is COc1ccc(C(=O)OCC(=O)N2CCC(C)CC2)cc1S(=O)(=O)N(C)Cc1ccccc1. The van der Waals surface area contributed by atoms with Crippen LogP contribution >= 0.6 is 0 Å². The smallest absolute Gasteiger partial charge is 0.338 e. The topological polar surface area (TPSA) is 93.2 Å². The molecule has 1 amide bonds. The van der Waals surface area contributed by atoms with Gasteiger partial charge in [-0.25, -0.2) is 13.2 Å². The van der Waals surface area contributed by atoms with Gasteiger partial charge in [0.2, 0.25) is 10.0 Å². The fraction of sp³-hybridized carbons (Fsp3) is 0.417. The van der Waals surface area contributed by atoms with Gasteiger partial charge in [-0.05, 0) is 42.5 Å². The van der Waals surface area contributed by atoms with Gasteiger partial charge in [0.25, 0.3) is 5.91 Å². The Morgan fingerprint density at radius 3 is 2.39 bits per heavy atom. The minimum atomic E-state index is -3.96. The summed E-state index contributed by atoms with van der Waals surface area (Å²) in [5, 5.41) is 0. The lowest BCUT2D eigenvalue weighted by atomic mass is 9.99. The average molecular weight is 475 g/mol. The molecule has 178 valence electrons. The second-order valence-electron chi connectivity index (χ2n) is 8.25. The van der Waals surface area contributed by atoms with Gasteiger partial charge in [0.15, 0.2) is 6.61 Å². The van der Waals surface area contributed by atoms with Gasteiger partial charge in [-0.3, -0.25) is 4.79 Å². The summed E-state index contributed by atoms with van der Waals surface area (Å²) in [5.41, 5.74) is 0.853. The van der Waals surface area contributed by atoms with Gasteiger partial charge in [0.05, 0.1) is 12.7 Å². The monoisotopic (exact) mass is 474 g/mol. The number of carbonyl (C=O) groups excluding carboxylic acids is 2. The number of piperidine rings is 1. The normalized spacial score (nSPS) is 14.8. The zero-order valence-corrected chi connectivity index (χ0v) is 20.0. The Balaban J connectivity index is 1.72. The van der Waals surface area contributed by atoms with Gasteiger partial charge in [0.1, 0.15) is 10.6 Å². The Labute approximate surface area is 195 Å². The molecule has 0 bridgehead atoms. The molecular formula is C24H30N2O6S. The van der Waals surface area contributed by atoms with Crippen LogP contribution in [0.4, 0.5) is 0 Å². The predicted octanol–water partition coefficient (Wildman–Crippen LogP) is 2.93. The van der Waals surface area contributed by atoms with Crippen molar-refractivity contribution in [2.75, 3.05) is 33.9 Å². The van der Waals surface area contributed by atoms with E-state index in [-0.39, 0.29) is 35.3 Å². The highest BCUT2D eigenvalue weighted by Gasteiger charge is 2.27. The van der Waals surface area contributed by atoms with E-state index in [0.717, 1.165) is 18.4 Å². The Hall–Kier alpha value is -2.91. The summed E-state index contributed by atoms with van der Waals surface area (Å²) in [5.74, 6) is -0.320. The number of ether oxygens (including phenoxy) is 2. The van der Waals surface area contributed by atoms with E-state index in [1.54, 1.807) is 4.90 Å². The van der Waals surface area contributed by atoms with Crippen molar-refractivity contribution in [1.29, 1.82) is 0 Å². The fourth-order valence-electron chi connectivity index (χ4n) is 3.66. The molecule has 9 heteroatoms. The number of esters is 1. The number of carbonyl (C=O) groups is 2. The summed E-state index contributed by atoms with van der Waals surface area (Å²) in [6, 6.07) is 13.2. The van der Waals surface area contributed by atoms with E-state index in [1.165, 1.54) is 36.7 Å². The van der Waals surface area contributed by atoms with Crippen LogP contribution in [0, 0.1) is 5.92 Å². The van der Waals surface area contributed by atoms with Gasteiger partial charge < -0.3 is 14.4 Å². The second kappa shape index (κ2) is 10.8. The van der Waals surface area contributed by atoms with Gasteiger partial charge in [-0.2, -0.15) is 4.31 Å². The fourth-order valence-corrected chi connectivity index (χ4v) is 4.99. The van der Waals surface area contributed by atoms with Crippen molar-refractivity contribution in [2.24, 2.45) is 5.92 Å². The molecule has 0 unspecified atom stereocenters. The van der Waals surface area contributed by atoms with E-state index < -0.39 is 16.0 Å². The number of benzene rings is 2. The van der Waals surface area contributed by atoms with E-state index in [2.05, 4.69) is 6.92 Å². The Morgan fingerprint density at radius 2 is 1.76 bits per heavy atom. The van der Waals surface area contributed by atoms with Crippen molar-refractivity contribution >= 4 is 21.9 Å². The highest BCUT2D eigenvalue weighted by molar-refractivity contribution is 7.89. The van der Waals surface area contributed by atoms with Gasteiger partial charge in [-0.1, -0.05) is 37.3 Å². The van der Waals surface area contributed by atoms with Crippen LogP contribution in [0.25, 0.3) is 0 Å². The first-order valence-corrected chi connectivity index (χ1v) is 12.3. The highest BCUT2D eigenvalue weighted by atomic mass is 32.2. The molecule has 0 atom stereocenters. The van der Waals surface area contributed by atoms with Gasteiger partial charge >= 0.3 is 5.97 Å². The summed E-state index contributed by atoms with van der Waals surface area (Å²) in [6.45, 7) is 3.22. The summed E-state index contributed by atoms with van der Waals surface area (Å²) in [6.07, 6.45) is 1.85. The molecule has 0 radical (unpaired) electrons. The number of nitrogens with zero attached hydrogens (tertiary/aromatic N) is 2. The molecule has 2 aromatic carbocycles. The van der Waals surface area contributed by atoms with E-state index >= 15 is 0 Å². The molecule has 0 aromatic heterocycles. The van der Waals surface area contributed by atoms with Crippen LogP contribution in [0.2, 0.25) is 0 Å². The minimum absolute atomic E-state index is 0.0301. The molecule has 1 saturated heterocycles. The lowest BCUT2D eigenvalue weighted by Crippen LogP contribution is -2.40. The maximum absolute atomic E-state index is 13.2. The molecule has 1 aliphatic heterocycles. The average Bonchev–Trinajstić information content (AvgIpc) is 2.82. The molecule has 0 spiro atoms. The molecule has 33 heavy (non-hydrogen) atoms. The van der Waals surface area contributed by atoms with Crippen molar-refractivity contribution in [3.63, 3.8) is 0 Å². The number of rotatable bonds is 8. The molecule has 2 aromatic rings. The number of methoxy groups -OCH3 is 1. The molecule has 1 heterocycles. The Bertz CT molecular complexity index is 1080. The highest BCUT2D eigenvalue weighted by Crippen LogP contribution is 2.28. The van der Waals surface area contributed by atoms with Crippen LogP contribution < -0.4 is 4.74 Å². The molecular weight excluding hydrogens is 444 g/mol. The number of hydrogen-bond acceptors (Lipinski definition) is 6. The Morgan fingerprint density at radius 1 is 1.09 bits per heavy atom. The largest absolute Gasteiger partial charge is 0.495 e. The van der Waals surface area contributed by atoms with Crippen molar-refractivity contribution < 1.29 is 27.5 Å². The number of sulfonamides is 1. The van der Waals surface area contributed by atoms with Crippen LogP contribution in [0.3, 0.4) is 0 Å². The molecule has 0 saturated carbocycles. The van der Waals surface area contributed by atoms with Crippen LogP contribution in [-0.4, -0.2) is 63.4 Å². The molecule has 8 nitrogen and oxygen atoms in total. The molecule has 3 rings (SSSR count). The first-order chi connectivity index (χ1) is 15.7. The zero-order chi connectivity index (χ0) is 24.0. The van der Waals surface area contributed by atoms with Crippen LogP contribution in [-0.2, 0) is 26.1 Å². The third kappa shape index (κ3) is 6.11. The van der Waals surface area contributed by atoms with Crippen LogP contribution in [0.5, 0.6) is 5.75 Å². The summed E-state index contributed by atoms with van der Waals surface area (Å²) < 4.78 is 38.1. The molecule has 0 N–H and O–H groups in total. The van der Waals surface area contributed by atoms with Crippen molar-refractivity contribution in [2.45, 2.75) is 31.2 Å². The van der Waals surface area contributed by atoms with Crippen molar-refractivity contribution in [3.05, 3.63) is 59.7 Å². The van der Waals surface area contributed by atoms with Crippen LogP contribution in [0.15, 0.2) is 53.4 Å². The zero-order valence-electron chi connectivity index (χ0n) is 19.2. The number of hydrogen-bond donors (Lipinski definition) is 0.